The number of rotatable bonds is 7. The average molecular weight is 449 g/mol. The molecule has 0 saturated heterocycles. The topological polar surface area (TPSA) is 105 Å². The van der Waals surface area contributed by atoms with Gasteiger partial charge in [-0.3, -0.25) is 9.10 Å². The van der Waals surface area contributed by atoms with E-state index in [0.29, 0.717) is 16.5 Å². The molecule has 1 heterocycles. The van der Waals surface area contributed by atoms with Crippen molar-refractivity contribution in [1.29, 1.82) is 0 Å². The van der Waals surface area contributed by atoms with Crippen LogP contribution in [0.25, 0.3) is 11.4 Å². The van der Waals surface area contributed by atoms with E-state index in [1.807, 2.05) is 31.2 Å². The van der Waals surface area contributed by atoms with Crippen LogP contribution in [0.3, 0.4) is 0 Å². The highest BCUT2D eigenvalue weighted by Crippen LogP contribution is 2.24. The molecule has 30 heavy (non-hydrogen) atoms. The Morgan fingerprint density at radius 3 is 2.63 bits per heavy atom. The molecule has 0 unspecified atom stereocenters. The van der Waals surface area contributed by atoms with Gasteiger partial charge in [0.05, 0.1) is 18.5 Å². The summed E-state index contributed by atoms with van der Waals surface area (Å²) in [5.41, 5.74) is 2.97. The molecule has 0 radical (unpaired) electrons. The van der Waals surface area contributed by atoms with Crippen LogP contribution in [0.4, 0.5) is 5.69 Å². The predicted octanol–water partition coefficient (Wildman–Crippen LogP) is 3.09. The predicted molar refractivity (Wildman–Crippen MR) is 115 cm³/mol. The van der Waals surface area contributed by atoms with Crippen molar-refractivity contribution in [3.05, 3.63) is 64.5 Å². The van der Waals surface area contributed by atoms with Crippen molar-refractivity contribution in [2.24, 2.45) is 0 Å². The molecule has 0 aliphatic carbocycles. The first-order chi connectivity index (χ1) is 14.1. The first kappa shape index (κ1) is 21.8. The van der Waals surface area contributed by atoms with Crippen LogP contribution in [0.15, 0.2) is 47.0 Å². The highest BCUT2D eigenvalue weighted by Gasteiger charge is 2.22. The number of carbonyl (C=O) groups excluding carboxylic acids is 1. The number of hydrogen-bond donors (Lipinski definition) is 1. The SMILES string of the molecule is Cc1cccc(-c2noc(CNC(=O)CN(c3ccc(C)c(Cl)c3)S(C)(=O)=O)n2)c1. The number of amides is 1. The van der Waals surface area contributed by atoms with Gasteiger partial charge in [0.1, 0.15) is 6.54 Å². The van der Waals surface area contributed by atoms with E-state index in [4.69, 9.17) is 16.1 Å². The normalized spacial score (nSPS) is 11.3. The summed E-state index contributed by atoms with van der Waals surface area (Å²) < 4.78 is 30.5. The first-order valence-electron chi connectivity index (χ1n) is 9.03. The van der Waals surface area contributed by atoms with Crippen molar-refractivity contribution in [2.45, 2.75) is 20.4 Å². The number of sulfonamides is 1. The first-order valence-corrected chi connectivity index (χ1v) is 11.3. The maximum absolute atomic E-state index is 12.4. The third kappa shape index (κ3) is 5.37. The Bertz CT molecular complexity index is 1180. The number of carbonyl (C=O) groups is 1. The van der Waals surface area contributed by atoms with E-state index >= 15 is 0 Å². The summed E-state index contributed by atoms with van der Waals surface area (Å²) in [4.78, 5) is 16.6. The van der Waals surface area contributed by atoms with E-state index in [2.05, 4.69) is 15.5 Å². The zero-order valence-corrected chi connectivity index (χ0v) is 18.3. The van der Waals surface area contributed by atoms with Gasteiger partial charge in [-0.2, -0.15) is 4.98 Å². The molecule has 3 rings (SSSR count). The van der Waals surface area contributed by atoms with E-state index < -0.39 is 22.5 Å². The second-order valence-electron chi connectivity index (χ2n) is 6.86. The Morgan fingerprint density at radius 2 is 1.97 bits per heavy atom. The molecule has 0 spiro atoms. The van der Waals surface area contributed by atoms with Gasteiger partial charge in [0, 0.05) is 10.6 Å². The summed E-state index contributed by atoms with van der Waals surface area (Å²) in [7, 11) is -3.70. The highest BCUT2D eigenvalue weighted by atomic mass is 35.5. The van der Waals surface area contributed by atoms with E-state index in [1.165, 1.54) is 6.07 Å². The Morgan fingerprint density at radius 1 is 1.20 bits per heavy atom. The lowest BCUT2D eigenvalue weighted by atomic mass is 10.1. The molecule has 0 aliphatic heterocycles. The smallest absolute Gasteiger partial charge is 0.246 e. The van der Waals surface area contributed by atoms with Gasteiger partial charge in [0.2, 0.25) is 27.6 Å². The summed E-state index contributed by atoms with van der Waals surface area (Å²) in [5.74, 6) is 0.103. The maximum Gasteiger partial charge on any atom is 0.246 e. The molecule has 0 fully saturated rings. The number of halogens is 1. The molecular weight excluding hydrogens is 428 g/mol. The van der Waals surface area contributed by atoms with Crippen molar-refractivity contribution in [3.63, 3.8) is 0 Å². The molecule has 0 bridgehead atoms. The van der Waals surface area contributed by atoms with Gasteiger partial charge in [-0.25, -0.2) is 8.42 Å². The molecule has 0 atom stereocenters. The molecule has 1 aromatic heterocycles. The Kier molecular flexibility index (Phi) is 6.42. The Balaban J connectivity index is 1.67. The fourth-order valence-corrected chi connectivity index (χ4v) is 3.75. The minimum Gasteiger partial charge on any atom is -0.345 e. The molecule has 1 amide bonds. The summed E-state index contributed by atoms with van der Waals surface area (Å²) in [6, 6.07) is 12.4. The lowest BCUT2D eigenvalue weighted by Crippen LogP contribution is -2.40. The van der Waals surface area contributed by atoms with Crippen LogP contribution in [0.2, 0.25) is 5.02 Å². The fraction of sp³-hybridized carbons (Fsp3) is 0.250. The zero-order valence-electron chi connectivity index (χ0n) is 16.7. The van der Waals surface area contributed by atoms with Gasteiger partial charge in [-0.15, -0.1) is 0 Å². The van der Waals surface area contributed by atoms with Gasteiger partial charge in [-0.05, 0) is 37.6 Å². The number of aryl methyl sites for hydroxylation is 2. The van der Waals surface area contributed by atoms with Crippen LogP contribution in [-0.4, -0.2) is 37.3 Å². The average Bonchev–Trinajstić information content (AvgIpc) is 3.15. The van der Waals surface area contributed by atoms with Gasteiger partial charge < -0.3 is 9.84 Å². The van der Waals surface area contributed by atoms with Crippen LogP contribution >= 0.6 is 11.6 Å². The van der Waals surface area contributed by atoms with E-state index in [1.54, 1.807) is 19.1 Å². The minimum atomic E-state index is -3.70. The van der Waals surface area contributed by atoms with Crippen LogP contribution in [0.5, 0.6) is 0 Å². The number of benzene rings is 2. The second-order valence-corrected chi connectivity index (χ2v) is 9.18. The number of nitrogens with zero attached hydrogens (tertiary/aromatic N) is 3. The largest absolute Gasteiger partial charge is 0.345 e. The van der Waals surface area contributed by atoms with Crippen molar-refractivity contribution in [2.75, 3.05) is 17.1 Å². The van der Waals surface area contributed by atoms with Crippen molar-refractivity contribution in [1.82, 2.24) is 15.5 Å². The monoisotopic (exact) mass is 448 g/mol. The van der Waals surface area contributed by atoms with Crippen LogP contribution in [0, 0.1) is 13.8 Å². The number of nitrogens with one attached hydrogen (secondary N) is 1. The molecule has 158 valence electrons. The van der Waals surface area contributed by atoms with Gasteiger partial charge in [-0.1, -0.05) is 46.6 Å². The standard InChI is InChI=1S/C20H21ClN4O4S/c1-13-5-4-6-15(9-13)20-23-19(29-24-20)11-22-18(26)12-25(30(3,27)28)16-8-7-14(2)17(21)10-16/h4-10H,11-12H2,1-3H3,(H,22,26). The summed E-state index contributed by atoms with van der Waals surface area (Å²) in [6.07, 6.45) is 1.03. The molecular formula is C20H21ClN4O4S. The summed E-state index contributed by atoms with van der Waals surface area (Å²) in [6.45, 7) is 3.33. The molecule has 0 aliphatic rings. The molecule has 3 aromatic rings. The molecule has 10 heteroatoms. The third-order valence-corrected chi connectivity index (χ3v) is 5.86. The maximum atomic E-state index is 12.4. The Hall–Kier alpha value is -2.91. The van der Waals surface area contributed by atoms with E-state index in [9.17, 15) is 13.2 Å². The zero-order chi connectivity index (χ0) is 21.9. The van der Waals surface area contributed by atoms with Gasteiger partial charge >= 0.3 is 0 Å². The van der Waals surface area contributed by atoms with Gasteiger partial charge in [0.25, 0.3) is 0 Å². The minimum absolute atomic E-state index is 0.0239. The molecule has 2 aromatic carbocycles. The third-order valence-electron chi connectivity index (χ3n) is 4.31. The quantitative estimate of drug-likeness (QED) is 0.595. The summed E-state index contributed by atoms with van der Waals surface area (Å²) in [5, 5.41) is 6.93. The lowest BCUT2D eigenvalue weighted by molar-refractivity contribution is -0.119. The summed E-state index contributed by atoms with van der Waals surface area (Å²) >= 11 is 6.10. The van der Waals surface area contributed by atoms with Crippen molar-refractivity contribution >= 4 is 33.2 Å². The van der Waals surface area contributed by atoms with Gasteiger partial charge in [0.15, 0.2) is 0 Å². The highest BCUT2D eigenvalue weighted by molar-refractivity contribution is 7.92. The van der Waals surface area contributed by atoms with Crippen LogP contribution < -0.4 is 9.62 Å². The fourth-order valence-electron chi connectivity index (χ4n) is 2.73. The Labute approximate surface area is 179 Å². The lowest BCUT2D eigenvalue weighted by Gasteiger charge is -2.22. The van der Waals surface area contributed by atoms with E-state index in [-0.39, 0.29) is 12.4 Å². The number of anilines is 1. The molecule has 0 saturated carbocycles. The molecule has 1 N–H and O–H groups in total. The number of hydrogen-bond acceptors (Lipinski definition) is 6. The van der Waals surface area contributed by atoms with Crippen LogP contribution in [0.1, 0.15) is 17.0 Å². The van der Waals surface area contributed by atoms with Crippen molar-refractivity contribution < 1.29 is 17.7 Å². The van der Waals surface area contributed by atoms with Crippen LogP contribution in [-0.2, 0) is 21.4 Å². The van der Waals surface area contributed by atoms with Crippen molar-refractivity contribution in [3.8, 4) is 11.4 Å². The van der Waals surface area contributed by atoms with E-state index in [0.717, 1.165) is 27.3 Å². The second kappa shape index (κ2) is 8.85. The molecule has 8 nitrogen and oxygen atoms in total. The number of aromatic nitrogens is 2.